The van der Waals surface area contributed by atoms with Gasteiger partial charge in [-0.05, 0) is 6.07 Å². The second kappa shape index (κ2) is 6.52. The summed E-state index contributed by atoms with van der Waals surface area (Å²) in [6, 6.07) is 3.29. The molecule has 1 amide bonds. The van der Waals surface area contributed by atoms with Crippen molar-refractivity contribution in [3.8, 4) is 17.2 Å². The monoisotopic (exact) mass is 287 g/mol. The molecule has 106 valence electrons. The smallest absolute Gasteiger partial charge is 0.244 e. The van der Waals surface area contributed by atoms with Gasteiger partial charge in [0.2, 0.25) is 5.91 Å². The predicted octanol–water partition coefficient (Wildman–Crippen LogP) is 2.08. The summed E-state index contributed by atoms with van der Waals surface area (Å²) in [7, 11) is 7.84. The van der Waals surface area contributed by atoms with Crippen molar-refractivity contribution >= 4 is 17.5 Å². The topological polar surface area (TPSA) is 48.0 Å². The summed E-state index contributed by atoms with van der Waals surface area (Å²) in [5.74, 6) is 1.26. The summed E-state index contributed by atoms with van der Waals surface area (Å²) in [6.45, 7) is 0. The highest BCUT2D eigenvalue weighted by Gasteiger charge is 2.25. The largest absolute Gasteiger partial charge is 0.496 e. The van der Waals surface area contributed by atoms with Gasteiger partial charge in [0.25, 0.3) is 0 Å². The minimum absolute atomic E-state index is 0.229. The van der Waals surface area contributed by atoms with Gasteiger partial charge in [-0.1, -0.05) is 0 Å². The normalized spacial score (nSPS) is 11.7. The molecule has 0 saturated carbocycles. The molecule has 5 nitrogen and oxygen atoms in total. The molecule has 0 fully saturated rings. The average Bonchev–Trinajstić information content (AvgIpc) is 2.43. The molecule has 1 unspecified atom stereocenters. The third kappa shape index (κ3) is 3.23. The lowest BCUT2D eigenvalue weighted by atomic mass is 10.1. The molecule has 0 aliphatic rings. The van der Waals surface area contributed by atoms with Crippen LogP contribution in [0.15, 0.2) is 12.1 Å². The molecular weight excluding hydrogens is 270 g/mol. The molecule has 0 aliphatic heterocycles. The number of halogens is 1. The number of ether oxygens (including phenoxy) is 3. The van der Waals surface area contributed by atoms with E-state index in [4.69, 9.17) is 25.8 Å². The van der Waals surface area contributed by atoms with Crippen LogP contribution in [0.4, 0.5) is 0 Å². The van der Waals surface area contributed by atoms with Crippen molar-refractivity contribution in [2.45, 2.75) is 5.38 Å². The van der Waals surface area contributed by atoms with E-state index >= 15 is 0 Å². The average molecular weight is 288 g/mol. The number of nitrogens with zero attached hydrogens (tertiary/aromatic N) is 1. The molecule has 0 spiro atoms. The highest BCUT2D eigenvalue weighted by Crippen LogP contribution is 2.39. The SMILES string of the molecule is COc1cc(OC)c(C(Cl)C(=O)N(C)C)cc1OC. The molecule has 1 rings (SSSR count). The zero-order valence-electron chi connectivity index (χ0n) is 11.7. The Morgan fingerprint density at radius 1 is 1.05 bits per heavy atom. The first-order valence-electron chi connectivity index (χ1n) is 5.61. The van der Waals surface area contributed by atoms with E-state index in [0.717, 1.165) is 0 Å². The number of benzene rings is 1. The number of alkyl halides is 1. The van der Waals surface area contributed by atoms with Crippen molar-refractivity contribution in [1.29, 1.82) is 0 Å². The summed E-state index contributed by atoms with van der Waals surface area (Å²) in [4.78, 5) is 13.4. The summed E-state index contributed by atoms with van der Waals surface area (Å²) in [5, 5.41) is -0.843. The Labute approximate surface area is 118 Å². The zero-order chi connectivity index (χ0) is 14.6. The van der Waals surface area contributed by atoms with Gasteiger partial charge < -0.3 is 19.1 Å². The third-order valence-corrected chi connectivity index (χ3v) is 3.09. The van der Waals surface area contributed by atoms with Crippen LogP contribution in [0.2, 0.25) is 0 Å². The van der Waals surface area contributed by atoms with E-state index in [2.05, 4.69) is 0 Å². The molecule has 0 radical (unpaired) electrons. The van der Waals surface area contributed by atoms with Crippen molar-refractivity contribution in [2.24, 2.45) is 0 Å². The molecule has 19 heavy (non-hydrogen) atoms. The first-order chi connectivity index (χ1) is 8.96. The molecule has 1 aromatic carbocycles. The Bertz CT molecular complexity index is 462. The molecule has 6 heteroatoms. The number of carbonyl (C=O) groups excluding carboxylic acids is 1. The summed E-state index contributed by atoms with van der Waals surface area (Å²) >= 11 is 6.19. The number of amides is 1. The van der Waals surface area contributed by atoms with Gasteiger partial charge in [-0.15, -0.1) is 11.6 Å². The zero-order valence-corrected chi connectivity index (χ0v) is 12.4. The number of rotatable bonds is 5. The number of likely N-dealkylation sites (N-methyl/N-ethyl adjacent to an activating group) is 1. The Morgan fingerprint density at radius 3 is 1.95 bits per heavy atom. The van der Waals surface area contributed by atoms with Gasteiger partial charge in [-0.3, -0.25) is 4.79 Å². The fourth-order valence-electron chi connectivity index (χ4n) is 1.61. The molecule has 0 saturated heterocycles. The van der Waals surface area contributed by atoms with Crippen molar-refractivity contribution < 1.29 is 19.0 Å². The fourth-order valence-corrected chi connectivity index (χ4v) is 1.98. The van der Waals surface area contributed by atoms with Crippen LogP contribution in [0.5, 0.6) is 17.2 Å². The van der Waals surface area contributed by atoms with Crippen LogP contribution in [0.3, 0.4) is 0 Å². The van der Waals surface area contributed by atoms with Crippen LogP contribution in [0, 0.1) is 0 Å². The van der Waals surface area contributed by atoms with Gasteiger partial charge in [0.05, 0.1) is 21.3 Å². The first-order valence-corrected chi connectivity index (χ1v) is 6.05. The minimum Gasteiger partial charge on any atom is -0.496 e. The minimum atomic E-state index is -0.843. The van der Waals surface area contributed by atoms with E-state index in [9.17, 15) is 4.79 Å². The summed E-state index contributed by atoms with van der Waals surface area (Å²) in [6.07, 6.45) is 0. The molecule has 0 aliphatic carbocycles. The molecular formula is C13H18ClNO4. The lowest BCUT2D eigenvalue weighted by Crippen LogP contribution is -2.25. The van der Waals surface area contributed by atoms with Gasteiger partial charge in [-0.2, -0.15) is 0 Å². The number of hydrogen-bond donors (Lipinski definition) is 0. The molecule has 1 atom stereocenters. The molecule has 0 N–H and O–H groups in total. The van der Waals surface area contributed by atoms with Crippen LogP contribution < -0.4 is 14.2 Å². The maximum atomic E-state index is 11.9. The van der Waals surface area contributed by atoms with E-state index < -0.39 is 5.38 Å². The fraction of sp³-hybridized carbons (Fsp3) is 0.462. The van der Waals surface area contributed by atoms with Crippen LogP contribution >= 0.6 is 11.6 Å². The van der Waals surface area contributed by atoms with Gasteiger partial charge in [0, 0.05) is 25.7 Å². The molecule has 0 bridgehead atoms. The van der Waals surface area contributed by atoms with E-state index in [1.807, 2.05) is 0 Å². The van der Waals surface area contributed by atoms with Crippen molar-refractivity contribution in [1.82, 2.24) is 4.90 Å². The van der Waals surface area contributed by atoms with Gasteiger partial charge in [0.1, 0.15) is 11.1 Å². The maximum absolute atomic E-state index is 11.9. The predicted molar refractivity (Wildman–Crippen MR) is 73.4 cm³/mol. The van der Waals surface area contributed by atoms with E-state index in [1.54, 1.807) is 26.2 Å². The summed E-state index contributed by atoms with van der Waals surface area (Å²) < 4.78 is 15.6. The highest BCUT2D eigenvalue weighted by atomic mass is 35.5. The standard InChI is InChI=1S/C13H18ClNO4/c1-15(2)13(16)12(14)8-6-10(18-4)11(19-5)7-9(8)17-3/h6-7,12H,1-5H3. The number of carbonyl (C=O) groups is 1. The maximum Gasteiger partial charge on any atom is 0.244 e. The summed E-state index contributed by atoms with van der Waals surface area (Å²) in [5.41, 5.74) is 0.542. The second-order valence-corrected chi connectivity index (χ2v) is 4.48. The van der Waals surface area contributed by atoms with E-state index in [-0.39, 0.29) is 5.91 Å². The van der Waals surface area contributed by atoms with Crippen LogP contribution in [0.1, 0.15) is 10.9 Å². The van der Waals surface area contributed by atoms with Crippen LogP contribution in [-0.4, -0.2) is 46.2 Å². The third-order valence-electron chi connectivity index (χ3n) is 2.67. The molecule has 1 aromatic rings. The van der Waals surface area contributed by atoms with E-state index in [1.165, 1.54) is 26.2 Å². The van der Waals surface area contributed by atoms with Gasteiger partial charge in [0.15, 0.2) is 11.5 Å². The number of methoxy groups -OCH3 is 3. The highest BCUT2D eigenvalue weighted by molar-refractivity contribution is 6.31. The van der Waals surface area contributed by atoms with Gasteiger partial charge >= 0.3 is 0 Å². The van der Waals surface area contributed by atoms with Crippen molar-refractivity contribution in [2.75, 3.05) is 35.4 Å². The van der Waals surface area contributed by atoms with Crippen molar-refractivity contribution in [3.63, 3.8) is 0 Å². The Morgan fingerprint density at radius 2 is 1.53 bits per heavy atom. The van der Waals surface area contributed by atoms with Crippen LogP contribution in [-0.2, 0) is 4.79 Å². The number of hydrogen-bond acceptors (Lipinski definition) is 4. The lowest BCUT2D eigenvalue weighted by molar-refractivity contribution is -0.128. The first kappa shape index (κ1) is 15.4. The van der Waals surface area contributed by atoms with Gasteiger partial charge in [-0.25, -0.2) is 0 Å². The molecule has 0 aromatic heterocycles. The lowest BCUT2D eigenvalue weighted by Gasteiger charge is -2.19. The van der Waals surface area contributed by atoms with E-state index in [0.29, 0.717) is 22.8 Å². The Hall–Kier alpha value is -1.62. The van der Waals surface area contributed by atoms with Crippen LogP contribution in [0.25, 0.3) is 0 Å². The second-order valence-electron chi connectivity index (χ2n) is 4.04. The Balaban J connectivity index is 3.29. The quantitative estimate of drug-likeness (QED) is 0.778. The Kier molecular flexibility index (Phi) is 5.30. The van der Waals surface area contributed by atoms with Crippen molar-refractivity contribution in [3.05, 3.63) is 17.7 Å². The molecule has 0 heterocycles.